The van der Waals surface area contributed by atoms with Gasteiger partial charge in [0.05, 0.1) is 11.7 Å². The topological polar surface area (TPSA) is 24.4 Å². The molecule has 5 heteroatoms. The lowest BCUT2D eigenvalue weighted by atomic mass is 10.3. The van der Waals surface area contributed by atoms with Gasteiger partial charge in [0.25, 0.3) is 0 Å². The first kappa shape index (κ1) is 11.9. The van der Waals surface area contributed by atoms with Crippen LogP contribution in [-0.2, 0) is 0 Å². The minimum atomic E-state index is -0.268. The highest BCUT2D eigenvalue weighted by molar-refractivity contribution is 9.10. The van der Waals surface area contributed by atoms with Crippen molar-refractivity contribution < 1.29 is 4.39 Å². The molecule has 1 N–H and O–H groups in total. The van der Waals surface area contributed by atoms with Crippen LogP contribution in [0.4, 0.5) is 10.1 Å². The zero-order valence-electron chi connectivity index (χ0n) is 8.84. The Morgan fingerprint density at radius 3 is 3.06 bits per heavy atom. The van der Waals surface area contributed by atoms with Crippen LogP contribution in [0, 0.1) is 5.82 Å². The molecule has 2 nitrogen and oxygen atoms in total. The van der Waals surface area contributed by atoms with Gasteiger partial charge in [-0.2, -0.15) is 0 Å². The average molecular weight is 303 g/mol. The predicted molar refractivity (Wildman–Crippen MR) is 71.7 cm³/mol. The van der Waals surface area contributed by atoms with Gasteiger partial charge in [-0.05, 0) is 31.5 Å². The number of nitrogens with one attached hydrogen (secondary N) is 1. The molecule has 0 saturated heterocycles. The van der Waals surface area contributed by atoms with Gasteiger partial charge in [-0.25, -0.2) is 4.39 Å². The van der Waals surface area contributed by atoms with Crippen LogP contribution < -0.4 is 5.32 Å². The summed E-state index contributed by atoms with van der Waals surface area (Å²) in [6.07, 6.45) is 1.08. The quantitative estimate of drug-likeness (QED) is 0.851. The van der Waals surface area contributed by atoms with Crippen LogP contribution in [0.2, 0.25) is 0 Å². The predicted octanol–water partition coefficient (Wildman–Crippen LogP) is 3.88. The lowest BCUT2D eigenvalue weighted by molar-refractivity contribution is 0.631. The second-order valence-electron chi connectivity index (χ2n) is 3.67. The fourth-order valence-corrected chi connectivity index (χ4v) is 2.82. The van der Waals surface area contributed by atoms with Gasteiger partial charge >= 0.3 is 0 Å². The van der Waals surface area contributed by atoms with Gasteiger partial charge in [0.1, 0.15) is 5.82 Å². The van der Waals surface area contributed by atoms with E-state index in [2.05, 4.69) is 33.2 Å². The molecule has 0 bridgehead atoms. The normalized spacial score (nSPS) is 20.4. The molecule has 0 amide bonds. The van der Waals surface area contributed by atoms with E-state index in [0.717, 1.165) is 21.8 Å². The highest BCUT2D eigenvalue weighted by Crippen LogP contribution is 2.23. The Balaban J connectivity index is 2.14. The molecule has 1 aliphatic rings. The first-order valence-corrected chi connectivity index (χ1v) is 6.85. The van der Waals surface area contributed by atoms with Crippen molar-refractivity contribution in [1.82, 2.24) is 0 Å². The molecular formula is C11H12BrFN2S. The Labute approximate surface area is 107 Å². The zero-order chi connectivity index (χ0) is 11.5. The van der Waals surface area contributed by atoms with Crippen LogP contribution in [0.25, 0.3) is 0 Å². The van der Waals surface area contributed by atoms with E-state index >= 15 is 0 Å². The minimum absolute atomic E-state index is 0.268. The molecule has 1 heterocycles. The monoisotopic (exact) mass is 302 g/mol. The Morgan fingerprint density at radius 1 is 1.56 bits per heavy atom. The van der Waals surface area contributed by atoms with Crippen molar-refractivity contribution in [2.45, 2.75) is 19.4 Å². The fraction of sp³-hybridized carbons (Fsp3) is 0.364. The van der Waals surface area contributed by atoms with Crippen molar-refractivity contribution in [3.63, 3.8) is 0 Å². The van der Waals surface area contributed by atoms with Gasteiger partial charge in [0.15, 0.2) is 5.17 Å². The Hall–Kier alpha value is -0.550. The van der Waals surface area contributed by atoms with Gasteiger partial charge in [-0.3, -0.25) is 4.99 Å². The number of anilines is 1. The molecule has 0 saturated carbocycles. The SMILES string of the molecule is CC1CCSC(Nc2ccc(Br)cc2F)=N1. The van der Waals surface area contributed by atoms with E-state index in [4.69, 9.17) is 0 Å². The third kappa shape index (κ3) is 2.98. The number of amidine groups is 1. The molecule has 0 radical (unpaired) electrons. The minimum Gasteiger partial charge on any atom is -0.333 e. The molecule has 86 valence electrons. The molecular weight excluding hydrogens is 291 g/mol. The molecule has 1 aromatic rings. The molecule has 0 fully saturated rings. The van der Waals surface area contributed by atoms with E-state index in [0.29, 0.717) is 11.7 Å². The lowest BCUT2D eigenvalue weighted by Crippen LogP contribution is -2.18. The molecule has 1 aromatic carbocycles. The van der Waals surface area contributed by atoms with E-state index in [1.54, 1.807) is 17.8 Å². The van der Waals surface area contributed by atoms with Gasteiger partial charge in [0.2, 0.25) is 0 Å². The Morgan fingerprint density at radius 2 is 2.38 bits per heavy atom. The van der Waals surface area contributed by atoms with Crippen molar-refractivity contribution in [3.8, 4) is 0 Å². The summed E-state index contributed by atoms with van der Waals surface area (Å²) < 4.78 is 14.3. The number of rotatable bonds is 1. The number of aliphatic imine (C=N–C) groups is 1. The van der Waals surface area contributed by atoms with E-state index in [1.165, 1.54) is 6.07 Å². The number of benzene rings is 1. The van der Waals surface area contributed by atoms with E-state index in [1.807, 2.05) is 6.07 Å². The largest absolute Gasteiger partial charge is 0.333 e. The van der Waals surface area contributed by atoms with Crippen LogP contribution in [0.3, 0.4) is 0 Å². The molecule has 0 aromatic heterocycles. The maximum absolute atomic E-state index is 13.5. The first-order chi connectivity index (χ1) is 7.65. The summed E-state index contributed by atoms with van der Waals surface area (Å²) in [7, 11) is 0. The van der Waals surface area contributed by atoms with Gasteiger partial charge in [0, 0.05) is 10.2 Å². The van der Waals surface area contributed by atoms with Crippen LogP contribution in [0.15, 0.2) is 27.7 Å². The summed E-state index contributed by atoms with van der Waals surface area (Å²) in [4.78, 5) is 4.43. The van der Waals surface area contributed by atoms with Crippen molar-refractivity contribution in [1.29, 1.82) is 0 Å². The molecule has 1 unspecified atom stereocenters. The Bertz CT molecular complexity index is 422. The standard InChI is InChI=1S/C11H12BrFN2S/c1-7-4-5-16-11(14-7)15-10-3-2-8(12)6-9(10)13/h2-3,6-7H,4-5H2,1H3,(H,14,15). The molecule has 16 heavy (non-hydrogen) atoms. The van der Waals surface area contributed by atoms with Crippen LogP contribution in [0.5, 0.6) is 0 Å². The van der Waals surface area contributed by atoms with Gasteiger partial charge < -0.3 is 5.32 Å². The molecule has 1 atom stereocenters. The molecule has 0 spiro atoms. The number of thioether (sulfide) groups is 1. The summed E-state index contributed by atoms with van der Waals surface area (Å²) in [5.74, 6) is 0.765. The van der Waals surface area contributed by atoms with Crippen molar-refractivity contribution >= 4 is 38.5 Å². The van der Waals surface area contributed by atoms with Crippen LogP contribution in [-0.4, -0.2) is 17.0 Å². The second kappa shape index (κ2) is 5.19. The smallest absolute Gasteiger partial charge is 0.161 e. The third-order valence-electron chi connectivity index (χ3n) is 2.28. The maximum Gasteiger partial charge on any atom is 0.161 e. The highest BCUT2D eigenvalue weighted by Gasteiger charge is 2.13. The summed E-state index contributed by atoms with van der Waals surface area (Å²) >= 11 is 4.86. The maximum atomic E-state index is 13.5. The first-order valence-electron chi connectivity index (χ1n) is 5.08. The van der Waals surface area contributed by atoms with E-state index < -0.39 is 0 Å². The summed E-state index contributed by atoms with van der Waals surface area (Å²) in [6, 6.07) is 5.28. The van der Waals surface area contributed by atoms with Crippen molar-refractivity contribution in [2.24, 2.45) is 4.99 Å². The second-order valence-corrected chi connectivity index (χ2v) is 5.67. The van der Waals surface area contributed by atoms with Gasteiger partial charge in [-0.15, -0.1) is 0 Å². The third-order valence-corrected chi connectivity index (χ3v) is 3.70. The number of hydrogen-bond donors (Lipinski definition) is 1. The summed E-state index contributed by atoms with van der Waals surface area (Å²) in [5.41, 5.74) is 0.476. The van der Waals surface area contributed by atoms with E-state index in [-0.39, 0.29) is 5.82 Å². The molecule has 2 rings (SSSR count). The average Bonchev–Trinajstić information content (AvgIpc) is 2.22. The number of nitrogens with zero attached hydrogens (tertiary/aromatic N) is 1. The fourth-order valence-electron chi connectivity index (χ4n) is 1.40. The summed E-state index contributed by atoms with van der Waals surface area (Å²) in [5, 5.41) is 3.83. The molecule has 0 aliphatic carbocycles. The zero-order valence-corrected chi connectivity index (χ0v) is 11.2. The van der Waals surface area contributed by atoms with Gasteiger partial charge in [-0.1, -0.05) is 27.7 Å². The lowest BCUT2D eigenvalue weighted by Gasteiger charge is -2.17. The number of hydrogen-bond acceptors (Lipinski definition) is 3. The number of halogens is 2. The highest BCUT2D eigenvalue weighted by atomic mass is 79.9. The van der Waals surface area contributed by atoms with Crippen LogP contribution in [0.1, 0.15) is 13.3 Å². The van der Waals surface area contributed by atoms with Crippen molar-refractivity contribution in [3.05, 3.63) is 28.5 Å². The summed E-state index contributed by atoms with van der Waals surface area (Å²) in [6.45, 7) is 2.07. The van der Waals surface area contributed by atoms with Crippen LogP contribution >= 0.6 is 27.7 Å². The van der Waals surface area contributed by atoms with Crippen molar-refractivity contribution in [2.75, 3.05) is 11.1 Å². The Kier molecular flexibility index (Phi) is 3.86. The van der Waals surface area contributed by atoms with E-state index in [9.17, 15) is 4.39 Å². The molecule has 1 aliphatic heterocycles.